The van der Waals surface area contributed by atoms with E-state index in [1.807, 2.05) is 33.3 Å². The van der Waals surface area contributed by atoms with Gasteiger partial charge >= 0.3 is 11.9 Å². The van der Waals surface area contributed by atoms with Gasteiger partial charge in [0.05, 0.1) is 27.7 Å². The number of rotatable bonds is 44. The number of nitrogens with zero attached hydrogens (tertiary/aromatic N) is 1. The molecule has 0 aliphatic heterocycles. The molecule has 62 heavy (non-hydrogen) atoms. The number of hydrogen-bond acceptors (Lipinski definition) is 8. The molecule has 0 saturated heterocycles. The van der Waals surface area contributed by atoms with Gasteiger partial charge in [-0.3, -0.25) is 14.2 Å². The van der Waals surface area contributed by atoms with E-state index in [1.165, 1.54) is 109 Å². The van der Waals surface area contributed by atoms with Gasteiger partial charge in [0.15, 0.2) is 6.10 Å². The van der Waals surface area contributed by atoms with Gasteiger partial charge in [0.25, 0.3) is 7.82 Å². The predicted molar refractivity (Wildman–Crippen MR) is 259 cm³/mol. The molecule has 9 nitrogen and oxygen atoms in total. The summed E-state index contributed by atoms with van der Waals surface area (Å²) in [6, 6.07) is 0. The molecule has 0 aromatic rings. The third kappa shape index (κ3) is 46.9. The molecule has 0 aliphatic rings. The number of carbonyl (C=O) groups is 2. The minimum Gasteiger partial charge on any atom is -0.756 e. The molecule has 0 N–H and O–H groups in total. The molecule has 0 saturated carbocycles. The van der Waals surface area contributed by atoms with Crippen LogP contribution in [0.2, 0.25) is 0 Å². The summed E-state index contributed by atoms with van der Waals surface area (Å²) in [4.78, 5) is 37.6. The highest BCUT2D eigenvalue weighted by Gasteiger charge is 2.21. The van der Waals surface area contributed by atoms with E-state index in [2.05, 4.69) is 74.6 Å². The lowest BCUT2D eigenvalue weighted by Crippen LogP contribution is -2.37. The minimum atomic E-state index is -4.65. The summed E-state index contributed by atoms with van der Waals surface area (Å²) in [7, 11) is 1.11. The maximum atomic E-state index is 12.7. The van der Waals surface area contributed by atoms with Gasteiger partial charge in [0, 0.05) is 12.8 Å². The maximum Gasteiger partial charge on any atom is 0.306 e. The van der Waals surface area contributed by atoms with Crippen molar-refractivity contribution in [3.05, 3.63) is 72.9 Å². The zero-order chi connectivity index (χ0) is 45.7. The highest BCUT2D eigenvalue weighted by Crippen LogP contribution is 2.38. The predicted octanol–water partition coefficient (Wildman–Crippen LogP) is 13.9. The van der Waals surface area contributed by atoms with Gasteiger partial charge in [0.1, 0.15) is 19.8 Å². The van der Waals surface area contributed by atoms with E-state index >= 15 is 0 Å². The van der Waals surface area contributed by atoms with E-state index in [1.54, 1.807) is 0 Å². The molecule has 0 rings (SSSR count). The summed E-state index contributed by atoms with van der Waals surface area (Å²) >= 11 is 0. The highest BCUT2D eigenvalue weighted by molar-refractivity contribution is 7.45. The van der Waals surface area contributed by atoms with Gasteiger partial charge in [-0.05, 0) is 77.0 Å². The number of likely N-dealkylation sites (N-methyl/N-ethyl adjacent to an activating group) is 1. The van der Waals surface area contributed by atoms with Crippen molar-refractivity contribution in [3.8, 4) is 0 Å². The van der Waals surface area contributed by atoms with Crippen LogP contribution < -0.4 is 4.89 Å². The van der Waals surface area contributed by atoms with E-state index in [4.69, 9.17) is 18.5 Å². The van der Waals surface area contributed by atoms with Crippen LogP contribution in [0.3, 0.4) is 0 Å². The number of phosphoric acid groups is 1. The Morgan fingerprint density at radius 2 is 0.903 bits per heavy atom. The molecule has 0 fully saturated rings. The van der Waals surface area contributed by atoms with Crippen LogP contribution in [-0.4, -0.2) is 70.0 Å². The van der Waals surface area contributed by atoms with Crippen LogP contribution in [0.25, 0.3) is 0 Å². The molecule has 0 bridgehead atoms. The Morgan fingerprint density at radius 1 is 0.500 bits per heavy atom. The summed E-state index contributed by atoms with van der Waals surface area (Å²) < 4.78 is 33.9. The molecule has 0 aliphatic carbocycles. The normalized spacial score (nSPS) is 14.1. The quantitative estimate of drug-likeness (QED) is 0.0195. The number of carbonyl (C=O) groups excluding carboxylic acids is 2. The molecule has 0 aromatic carbocycles. The first-order valence-corrected chi connectivity index (χ1v) is 26.1. The first-order valence-electron chi connectivity index (χ1n) is 24.6. The molecule has 0 radical (unpaired) electrons. The fraction of sp³-hybridized carbons (Fsp3) is 0.731. The van der Waals surface area contributed by atoms with Gasteiger partial charge in [-0.2, -0.15) is 0 Å². The van der Waals surface area contributed by atoms with Crippen molar-refractivity contribution in [1.82, 2.24) is 0 Å². The van der Waals surface area contributed by atoms with Gasteiger partial charge in [-0.25, -0.2) is 0 Å². The molecule has 0 aromatic heterocycles. The average molecular weight is 890 g/mol. The number of hydrogen-bond donors (Lipinski definition) is 0. The molecule has 10 heteroatoms. The van der Waals surface area contributed by atoms with Crippen molar-refractivity contribution < 1.29 is 42.1 Å². The third-order valence-corrected chi connectivity index (χ3v) is 11.2. The highest BCUT2D eigenvalue weighted by atomic mass is 31.2. The Morgan fingerprint density at radius 3 is 1.40 bits per heavy atom. The largest absolute Gasteiger partial charge is 0.756 e. The van der Waals surface area contributed by atoms with E-state index in [0.29, 0.717) is 23.9 Å². The Labute approximate surface area is 380 Å². The topological polar surface area (TPSA) is 111 Å². The zero-order valence-corrected chi connectivity index (χ0v) is 41.2. The molecule has 0 amide bonds. The van der Waals surface area contributed by atoms with E-state index in [-0.39, 0.29) is 26.1 Å². The second kappa shape index (κ2) is 43.7. The van der Waals surface area contributed by atoms with E-state index < -0.39 is 32.5 Å². The van der Waals surface area contributed by atoms with Crippen molar-refractivity contribution in [2.75, 3.05) is 47.5 Å². The molecule has 358 valence electrons. The number of esters is 2. The van der Waals surface area contributed by atoms with Crippen molar-refractivity contribution >= 4 is 19.8 Å². The van der Waals surface area contributed by atoms with Crippen LogP contribution in [0.1, 0.15) is 194 Å². The van der Waals surface area contributed by atoms with Gasteiger partial charge in [-0.15, -0.1) is 0 Å². The Kier molecular flexibility index (Phi) is 41.9. The summed E-state index contributed by atoms with van der Waals surface area (Å²) in [6.45, 7) is 4.11. The number of phosphoric ester groups is 1. The number of unbranched alkanes of at least 4 members (excludes halogenated alkanes) is 18. The number of ether oxygens (including phenoxy) is 2. The average Bonchev–Trinajstić information content (AvgIpc) is 3.23. The standard InChI is InChI=1S/C52H92NO8P/c1-6-8-10-12-14-16-18-20-22-24-26-28-30-32-34-36-38-40-42-44-51(54)58-48-50(49-60-62(56,57)59-47-46-53(3,4)5)61-52(55)45-43-41-39-37-35-33-31-29-27-25-23-21-19-17-15-13-11-9-7-2/h15,17,20-23,27,29,33,35,39,41,50H,6-14,16,18-19,24-26,28,30-32,34,36-38,40,42-49H2,1-5H3/b17-15-,22-20-,23-21-,29-27-,35-33-,41-39-/t50-/m1/s1. The fourth-order valence-electron chi connectivity index (χ4n) is 6.34. The van der Waals surface area contributed by atoms with E-state index in [9.17, 15) is 19.0 Å². The van der Waals surface area contributed by atoms with Crippen LogP contribution in [0.5, 0.6) is 0 Å². The fourth-order valence-corrected chi connectivity index (χ4v) is 7.07. The van der Waals surface area contributed by atoms with Crippen LogP contribution in [0.15, 0.2) is 72.9 Å². The Bertz CT molecular complexity index is 1280. The van der Waals surface area contributed by atoms with Crippen LogP contribution in [0.4, 0.5) is 0 Å². The van der Waals surface area contributed by atoms with Crippen molar-refractivity contribution in [2.45, 2.75) is 200 Å². The second-order valence-corrected chi connectivity index (χ2v) is 18.9. The van der Waals surface area contributed by atoms with Crippen LogP contribution in [-0.2, 0) is 32.7 Å². The second-order valence-electron chi connectivity index (χ2n) is 17.5. The number of quaternary nitrogens is 1. The van der Waals surface area contributed by atoms with Crippen molar-refractivity contribution in [2.24, 2.45) is 0 Å². The summed E-state index contributed by atoms with van der Waals surface area (Å²) in [5.41, 5.74) is 0. The third-order valence-electron chi connectivity index (χ3n) is 10.2. The Balaban J connectivity index is 4.41. The maximum absolute atomic E-state index is 12.7. The van der Waals surface area contributed by atoms with Gasteiger partial charge in [-0.1, -0.05) is 177 Å². The smallest absolute Gasteiger partial charge is 0.306 e. The summed E-state index contributed by atoms with van der Waals surface area (Å²) in [6.07, 6.45) is 55.2. The molecule has 0 heterocycles. The van der Waals surface area contributed by atoms with Crippen molar-refractivity contribution in [3.63, 3.8) is 0 Å². The van der Waals surface area contributed by atoms with E-state index in [0.717, 1.165) is 44.9 Å². The first kappa shape index (κ1) is 59.5. The van der Waals surface area contributed by atoms with Crippen LogP contribution >= 0.6 is 7.82 Å². The minimum absolute atomic E-state index is 0.0473. The SMILES string of the molecule is CCCCC/C=C\C/C=C\C/C=C\C/C=C\C/C=C\CCC(=O)O[C@H](COC(=O)CCCCCCCCCCC/C=C\CCCCCCCC)COP(=O)([O-])OCC[N+](C)(C)C. The molecule has 1 unspecified atom stereocenters. The van der Waals surface area contributed by atoms with Gasteiger partial charge < -0.3 is 27.9 Å². The molecular weight excluding hydrogens is 798 g/mol. The summed E-state index contributed by atoms with van der Waals surface area (Å²) in [5.74, 6) is -0.935. The lowest BCUT2D eigenvalue weighted by atomic mass is 10.1. The zero-order valence-electron chi connectivity index (χ0n) is 40.3. The van der Waals surface area contributed by atoms with Gasteiger partial charge in [0.2, 0.25) is 0 Å². The number of allylic oxidation sites excluding steroid dienone is 12. The first-order chi connectivity index (χ1) is 30.0. The Hall–Kier alpha value is -2.55. The lowest BCUT2D eigenvalue weighted by molar-refractivity contribution is -0.870. The van der Waals surface area contributed by atoms with Crippen molar-refractivity contribution in [1.29, 1.82) is 0 Å². The molecule has 0 spiro atoms. The van der Waals surface area contributed by atoms with Crippen LogP contribution in [0, 0.1) is 0 Å². The lowest BCUT2D eigenvalue weighted by Gasteiger charge is -2.28. The molecular formula is C52H92NO8P. The molecule has 2 atom stereocenters. The monoisotopic (exact) mass is 890 g/mol. The summed E-state index contributed by atoms with van der Waals surface area (Å²) in [5, 5.41) is 0.